The molecule has 1 amide bonds. The number of hydrogen-bond acceptors (Lipinski definition) is 8. The average Bonchev–Trinajstić information content (AvgIpc) is 3.49. The Balaban J connectivity index is 1.22. The number of aryl methyl sites for hydroxylation is 1. The zero-order chi connectivity index (χ0) is 30.9. The summed E-state index contributed by atoms with van der Waals surface area (Å²) >= 11 is 0. The number of carbonyl (C=O) groups excluding carboxylic acids is 1. The van der Waals surface area contributed by atoms with Crippen LogP contribution in [0.2, 0.25) is 0 Å². The molecular weight excluding hydrogens is 582 g/mol. The van der Waals surface area contributed by atoms with E-state index in [0.29, 0.717) is 47.3 Å². The van der Waals surface area contributed by atoms with E-state index in [1.165, 1.54) is 18.3 Å². The molecule has 1 aliphatic rings. The van der Waals surface area contributed by atoms with Gasteiger partial charge in [0.2, 0.25) is 22.7 Å². The highest BCUT2D eigenvalue weighted by Gasteiger charge is 2.24. The molecule has 4 aromatic rings. The maximum atomic E-state index is 13.1. The monoisotopic (exact) mass is 615 g/mol. The number of hydrogen-bond donors (Lipinski definition) is 2. The lowest BCUT2D eigenvalue weighted by molar-refractivity contribution is -0.121. The van der Waals surface area contributed by atoms with Crippen LogP contribution in [0.4, 0.5) is 0 Å². The third-order valence-corrected chi connectivity index (χ3v) is 8.21. The molecule has 11 heteroatoms. The van der Waals surface area contributed by atoms with E-state index in [0.717, 1.165) is 11.1 Å². The molecule has 1 atom stereocenters. The smallest absolute Gasteiger partial charge is 0.242 e. The lowest BCUT2D eigenvalue weighted by Gasteiger charge is -2.18. The summed E-state index contributed by atoms with van der Waals surface area (Å²) in [6.45, 7) is 4.69. The van der Waals surface area contributed by atoms with Gasteiger partial charge >= 0.3 is 0 Å². The molecule has 228 valence electrons. The van der Waals surface area contributed by atoms with Crippen LogP contribution in [-0.2, 0) is 21.4 Å². The number of ether oxygens (including phenoxy) is 4. The van der Waals surface area contributed by atoms with Crippen molar-refractivity contribution < 1.29 is 32.2 Å². The van der Waals surface area contributed by atoms with Gasteiger partial charge in [0.05, 0.1) is 23.8 Å². The largest absolute Gasteiger partial charge is 0.490 e. The first-order valence-electron chi connectivity index (χ1n) is 14.0. The minimum absolute atomic E-state index is 0.121. The Kier molecular flexibility index (Phi) is 9.78. The summed E-state index contributed by atoms with van der Waals surface area (Å²) in [5.74, 6) is 2.01. The van der Waals surface area contributed by atoms with Gasteiger partial charge in [0.1, 0.15) is 6.61 Å². The zero-order valence-electron chi connectivity index (χ0n) is 24.4. The minimum Gasteiger partial charge on any atom is -0.490 e. The molecule has 0 bridgehead atoms. The number of rotatable bonds is 13. The maximum absolute atomic E-state index is 13.1. The van der Waals surface area contributed by atoms with Gasteiger partial charge in [-0.05, 0) is 73.0 Å². The zero-order valence-corrected chi connectivity index (χ0v) is 25.2. The molecule has 0 fully saturated rings. The minimum atomic E-state index is -3.88. The summed E-state index contributed by atoms with van der Waals surface area (Å²) in [5, 5.41) is 4.09. The number of nitrogens with zero attached hydrogens (tertiary/aromatic N) is 1. The molecule has 2 N–H and O–H groups in total. The van der Waals surface area contributed by atoms with E-state index in [2.05, 4.69) is 15.2 Å². The molecule has 0 saturated carbocycles. The van der Waals surface area contributed by atoms with E-state index >= 15 is 0 Å². The van der Waals surface area contributed by atoms with Gasteiger partial charge in [-0.15, -0.1) is 0 Å². The van der Waals surface area contributed by atoms with Crippen molar-refractivity contribution in [2.24, 2.45) is 5.10 Å². The van der Waals surface area contributed by atoms with E-state index in [1.54, 1.807) is 54.6 Å². The number of benzene rings is 4. The van der Waals surface area contributed by atoms with Gasteiger partial charge in [-0.25, -0.2) is 18.6 Å². The van der Waals surface area contributed by atoms with Crippen LogP contribution in [-0.4, -0.2) is 33.9 Å². The van der Waals surface area contributed by atoms with Crippen molar-refractivity contribution in [1.29, 1.82) is 0 Å². The highest BCUT2D eigenvalue weighted by Crippen LogP contribution is 2.34. The number of fused-ring (bicyclic) bond motifs is 1. The fourth-order valence-corrected chi connectivity index (χ4v) is 5.70. The second-order valence-corrected chi connectivity index (χ2v) is 11.7. The van der Waals surface area contributed by atoms with E-state index in [9.17, 15) is 13.2 Å². The second-order valence-electron chi connectivity index (χ2n) is 10.0. The van der Waals surface area contributed by atoms with Gasteiger partial charge in [-0.2, -0.15) is 5.10 Å². The lowest BCUT2D eigenvalue weighted by atomic mass is 10.0. The van der Waals surface area contributed by atoms with Gasteiger partial charge < -0.3 is 18.9 Å². The quantitative estimate of drug-likeness (QED) is 0.155. The lowest BCUT2D eigenvalue weighted by Crippen LogP contribution is -2.32. The highest BCUT2D eigenvalue weighted by atomic mass is 32.2. The molecule has 44 heavy (non-hydrogen) atoms. The summed E-state index contributed by atoms with van der Waals surface area (Å²) < 4.78 is 51.4. The summed E-state index contributed by atoms with van der Waals surface area (Å²) in [7, 11) is -3.88. The van der Waals surface area contributed by atoms with Gasteiger partial charge in [-0.3, -0.25) is 4.79 Å². The van der Waals surface area contributed by atoms with E-state index in [4.69, 9.17) is 18.9 Å². The van der Waals surface area contributed by atoms with Gasteiger partial charge in [0, 0.05) is 6.42 Å². The summed E-state index contributed by atoms with van der Waals surface area (Å²) in [6.07, 6.45) is 1.32. The second kappa shape index (κ2) is 14.1. The Labute approximate surface area is 256 Å². The third kappa shape index (κ3) is 7.94. The van der Waals surface area contributed by atoms with E-state index in [1.807, 2.05) is 38.1 Å². The highest BCUT2D eigenvalue weighted by molar-refractivity contribution is 7.89. The molecule has 1 heterocycles. The van der Waals surface area contributed by atoms with Crippen molar-refractivity contribution >= 4 is 22.1 Å². The van der Waals surface area contributed by atoms with Crippen molar-refractivity contribution in [2.75, 3.05) is 13.4 Å². The van der Waals surface area contributed by atoms with Gasteiger partial charge in [-0.1, -0.05) is 54.1 Å². The van der Waals surface area contributed by atoms with Crippen LogP contribution in [0.25, 0.3) is 0 Å². The number of amides is 1. The van der Waals surface area contributed by atoms with Crippen LogP contribution in [0, 0.1) is 6.92 Å². The predicted molar refractivity (Wildman–Crippen MR) is 166 cm³/mol. The Hall–Kier alpha value is -4.87. The van der Waals surface area contributed by atoms with Crippen LogP contribution in [0.5, 0.6) is 23.0 Å². The van der Waals surface area contributed by atoms with Gasteiger partial charge in [0.25, 0.3) is 0 Å². The van der Waals surface area contributed by atoms with Crippen molar-refractivity contribution in [3.63, 3.8) is 0 Å². The molecule has 0 spiro atoms. The Morgan fingerprint density at radius 3 is 2.48 bits per heavy atom. The average molecular weight is 616 g/mol. The molecule has 5 rings (SSSR count). The maximum Gasteiger partial charge on any atom is 0.242 e. The van der Waals surface area contributed by atoms with E-state index < -0.39 is 22.0 Å². The SMILES string of the molecule is CCOc1cc(/C=N\NC(=O)C[C@H](NS(=O)(=O)c2ccc(C)cc2)c2ccccc2)ccc1OCc1ccc2c(c1)OCO2. The molecule has 0 aromatic heterocycles. The Bertz CT molecular complexity index is 1730. The van der Waals surface area contributed by atoms with Crippen molar-refractivity contribution in [3.05, 3.63) is 113 Å². The first-order chi connectivity index (χ1) is 21.3. The van der Waals surface area contributed by atoms with Crippen molar-refractivity contribution in [1.82, 2.24) is 10.1 Å². The van der Waals surface area contributed by atoms with Gasteiger partial charge in [0.15, 0.2) is 23.0 Å². The molecular formula is C33H33N3O7S. The fraction of sp³-hybridized carbons (Fsp3) is 0.212. The summed E-state index contributed by atoms with van der Waals surface area (Å²) in [4.78, 5) is 13.0. The normalized spacial score (nSPS) is 13.0. The standard InChI is InChI=1S/C33H33N3O7S/c1-3-40-31-17-24(11-15-29(31)41-21-25-12-16-30-32(18-25)43-22-42-30)20-34-35-33(37)19-28(26-7-5-4-6-8-26)36-44(38,39)27-13-9-23(2)10-14-27/h4-18,20,28,36H,3,19,21-22H2,1-2H3,(H,35,37)/b34-20-/t28-/m0/s1. The predicted octanol–water partition coefficient (Wildman–Crippen LogP) is 5.26. The summed E-state index contributed by atoms with van der Waals surface area (Å²) in [5.41, 5.74) is 5.68. The number of sulfonamides is 1. The molecule has 1 aliphatic heterocycles. The molecule has 0 saturated heterocycles. The Morgan fingerprint density at radius 2 is 1.70 bits per heavy atom. The van der Waals surface area contributed by atoms with Crippen LogP contribution in [0.1, 0.15) is 41.6 Å². The molecule has 0 aliphatic carbocycles. The Morgan fingerprint density at radius 1 is 0.932 bits per heavy atom. The number of hydrazone groups is 1. The van der Waals surface area contributed by atoms with Crippen molar-refractivity contribution in [3.8, 4) is 23.0 Å². The van der Waals surface area contributed by atoms with Crippen LogP contribution in [0.3, 0.4) is 0 Å². The molecule has 4 aromatic carbocycles. The first kappa shape index (κ1) is 30.6. The number of carbonyl (C=O) groups is 1. The first-order valence-corrected chi connectivity index (χ1v) is 15.5. The van der Waals surface area contributed by atoms with Crippen LogP contribution >= 0.6 is 0 Å². The van der Waals surface area contributed by atoms with Crippen LogP contribution in [0.15, 0.2) is 101 Å². The van der Waals surface area contributed by atoms with Crippen molar-refractivity contribution in [2.45, 2.75) is 37.8 Å². The molecule has 0 radical (unpaired) electrons. The third-order valence-electron chi connectivity index (χ3n) is 6.72. The fourth-order valence-electron chi connectivity index (χ4n) is 4.48. The van der Waals surface area contributed by atoms with E-state index in [-0.39, 0.29) is 18.1 Å². The number of nitrogens with one attached hydrogen (secondary N) is 2. The molecule has 0 unspecified atom stereocenters. The molecule has 10 nitrogen and oxygen atoms in total. The van der Waals surface area contributed by atoms with Crippen LogP contribution < -0.4 is 29.1 Å². The summed E-state index contributed by atoms with van der Waals surface area (Å²) in [6, 6.07) is 25.6. The topological polar surface area (TPSA) is 125 Å².